The maximum absolute atomic E-state index is 5.94. The van der Waals surface area contributed by atoms with Crippen LogP contribution in [0.25, 0.3) is 22.1 Å². The summed E-state index contributed by atoms with van der Waals surface area (Å²) in [5, 5.41) is 0. The molecule has 5 rings (SSSR count). The van der Waals surface area contributed by atoms with E-state index in [9.17, 15) is 0 Å². The molecule has 2 aliphatic heterocycles. The zero-order chi connectivity index (χ0) is 25.4. The standard InChI is InChI=1S/C28H29N3O4S/c1-32-22-12-17-13-24-21-14-19(16-8-6-5-7-9-16)26(35-4)25(34-3)18(21)10-11-36(24)27(31-28(29)30)20(17)15-23(22)33-2/h5-9,12-15H,10-11H2,1-4H3,(H4,29,30,31). The second kappa shape index (κ2) is 9.62. The zero-order valence-corrected chi connectivity index (χ0v) is 21.6. The molecule has 3 aromatic rings. The molecule has 1 atom stereocenters. The Morgan fingerprint density at radius 1 is 0.806 bits per heavy atom. The molecule has 2 heterocycles. The number of methoxy groups -OCH3 is 4. The second-order valence-corrected chi connectivity index (χ2v) is 10.4. The Kier molecular flexibility index (Phi) is 6.36. The van der Waals surface area contributed by atoms with Gasteiger partial charge in [0.1, 0.15) is 4.99 Å². The van der Waals surface area contributed by atoms with Crippen molar-refractivity contribution in [1.82, 2.24) is 0 Å². The molecule has 0 radical (unpaired) electrons. The Labute approximate surface area is 213 Å². The van der Waals surface area contributed by atoms with E-state index < -0.39 is 0 Å². The van der Waals surface area contributed by atoms with E-state index in [1.807, 2.05) is 30.3 Å². The largest absolute Gasteiger partial charge is 0.493 e. The highest BCUT2D eigenvalue weighted by molar-refractivity contribution is 8.24. The van der Waals surface area contributed by atoms with Crippen LogP contribution in [0.4, 0.5) is 0 Å². The molecule has 36 heavy (non-hydrogen) atoms. The highest BCUT2D eigenvalue weighted by Crippen LogP contribution is 2.54. The van der Waals surface area contributed by atoms with Crippen LogP contribution in [-0.4, -0.2) is 45.1 Å². The van der Waals surface area contributed by atoms with Crippen LogP contribution in [0.2, 0.25) is 0 Å². The summed E-state index contributed by atoms with van der Waals surface area (Å²) in [6.07, 6.45) is 3.02. The van der Waals surface area contributed by atoms with Crippen LogP contribution in [0.1, 0.15) is 22.3 Å². The first-order chi connectivity index (χ1) is 17.5. The molecule has 0 spiro atoms. The second-order valence-electron chi connectivity index (χ2n) is 8.37. The predicted molar refractivity (Wildman–Crippen MR) is 148 cm³/mol. The first-order valence-corrected chi connectivity index (χ1v) is 12.9. The van der Waals surface area contributed by atoms with Gasteiger partial charge in [-0.25, -0.2) is 4.99 Å². The highest BCUT2D eigenvalue weighted by Gasteiger charge is 2.31. The molecule has 0 amide bonds. The van der Waals surface area contributed by atoms with Crippen LogP contribution in [0.15, 0.2) is 53.5 Å². The van der Waals surface area contributed by atoms with Gasteiger partial charge in [-0.15, -0.1) is 10.5 Å². The predicted octanol–water partition coefficient (Wildman–Crippen LogP) is 4.48. The Morgan fingerprint density at radius 2 is 1.50 bits per heavy atom. The van der Waals surface area contributed by atoms with E-state index in [0.717, 1.165) is 66.9 Å². The quantitative estimate of drug-likeness (QED) is 0.303. The van der Waals surface area contributed by atoms with Gasteiger partial charge in [-0.2, -0.15) is 0 Å². The van der Waals surface area contributed by atoms with Gasteiger partial charge in [0.15, 0.2) is 29.0 Å². The number of nitrogens with two attached hydrogens (primary N) is 2. The van der Waals surface area contributed by atoms with Gasteiger partial charge in [0.05, 0.1) is 28.4 Å². The molecular formula is C28H29N3O4S. The Balaban J connectivity index is 1.83. The summed E-state index contributed by atoms with van der Waals surface area (Å²) >= 11 is 0. The fourth-order valence-electron chi connectivity index (χ4n) is 4.90. The van der Waals surface area contributed by atoms with Crippen LogP contribution in [0, 0.1) is 0 Å². The zero-order valence-electron chi connectivity index (χ0n) is 20.8. The summed E-state index contributed by atoms with van der Waals surface area (Å²) in [5.41, 5.74) is 18.0. The van der Waals surface area contributed by atoms with Crippen molar-refractivity contribution in [2.24, 2.45) is 16.5 Å². The van der Waals surface area contributed by atoms with Gasteiger partial charge in [0, 0.05) is 21.6 Å². The molecule has 8 heteroatoms. The number of guanidine groups is 1. The molecule has 4 N–H and O–H groups in total. The fourth-order valence-corrected chi connectivity index (χ4v) is 7.30. The topological polar surface area (TPSA) is 101 Å². The monoisotopic (exact) mass is 503 g/mol. The van der Waals surface area contributed by atoms with Crippen LogP contribution in [-0.2, 0) is 6.42 Å². The molecule has 0 saturated carbocycles. The van der Waals surface area contributed by atoms with E-state index in [1.165, 1.54) is 0 Å². The molecule has 0 fully saturated rings. The van der Waals surface area contributed by atoms with E-state index in [-0.39, 0.29) is 16.4 Å². The van der Waals surface area contributed by atoms with Crippen LogP contribution >= 0.6 is 10.5 Å². The average Bonchev–Trinajstić information content (AvgIpc) is 2.91. The van der Waals surface area contributed by atoms with Gasteiger partial charge in [-0.1, -0.05) is 30.3 Å². The maximum Gasteiger partial charge on any atom is 0.191 e. The Hall–Kier alpha value is -3.91. The van der Waals surface area contributed by atoms with Crippen molar-refractivity contribution in [3.8, 4) is 34.1 Å². The SMILES string of the molecule is COc1cc2c(cc1OC)C(N=C(N)N)=S1CCc3c(cc(-c4ccccc4)c(OC)c3OC)C1=C2. The summed E-state index contributed by atoms with van der Waals surface area (Å²) in [7, 11) is 6.28. The number of benzene rings is 3. The molecule has 1 unspecified atom stereocenters. The van der Waals surface area contributed by atoms with Crippen molar-refractivity contribution >= 4 is 32.4 Å². The van der Waals surface area contributed by atoms with Crippen molar-refractivity contribution in [2.75, 3.05) is 34.2 Å². The molecule has 0 aliphatic carbocycles. The van der Waals surface area contributed by atoms with E-state index in [0.29, 0.717) is 11.5 Å². The summed E-state index contributed by atoms with van der Waals surface area (Å²) in [6, 6.07) is 16.3. The maximum atomic E-state index is 5.94. The summed E-state index contributed by atoms with van der Waals surface area (Å²) in [5.74, 6) is 3.66. The molecular weight excluding hydrogens is 474 g/mol. The third-order valence-corrected chi connectivity index (χ3v) is 8.71. The lowest BCUT2D eigenvalue weighted by molar-refractivity contribution is 0.353. The minimum Gasteiger partial charge on any atom is -0.493 e. The number of rotatable bonds is 5. The number of ether oxygens (including phenoxy) is 4. The van der Waals surface area contributed by atoms with Crippen LogP contribution in [0.5, 0.6) is 23.0 Å². The first-order valence-electron chi connectivity index (χ1n) is 11.5. The number of nitrogens with zero attached hydrogens (tertiary/aromatic N) is 1. The Morgan fingerprint density at radius 3 is 2.14 bits per heavy atom. The van der Waals surface area contributed by atoms with Crippen molar-refractivity contribution in [1.29, 1.82) is 0 Å². The molecule has 0 saturated heterocycles. The third kappa shape index (κ3) is 3.87. The van der Waals surface area contributed by atoms with Gasteiger partial charge in [-0.3, -0.25) is 0 Å². The lowest BCUT2D eigenvalue weighted by Gasteiger charge is -2.31. The van der Waals surface area contributed by atoms with Gasteiger partial charge >= 0.3 is 0 Å². The van der Waals surface area contributed by atoms with E-state index in [1.54, 1.807) is 28.4 Å². The van der Waals surface area contributed by atoms with Crippen molar-refractivity contribution in [2.45, 2.75) is 6.42 Å². The van der Waals surface area contributed by atoms with Gasteiger partial charge in [0.25, 0.3) is 0 Å². The lowest BCUT2D eigenvalue weighted by atomic mass is 9.93. The summed E-state index contributed by atoms with van der Waals surface area (Å²) in [6.45, 7) is 0. The minimum absolute atomic E-state index is 0.0302. The normalized spacial score (nSPS) is 15.6. The number of fused-ring (bicyclic) bond motifs is 4. The number of aliphatic imine (C=N–C) groups is 1. The molecule has 7 nitrogen and oxygen atoms in total. The molecule has 3 aromatic carbocycles. The summed E-state index contributed by atoms with van der Waals surface area (Å²) in [4.78, 5) is 6.64. The average molecular weight is 504 g/mol. The van der Waals surface area contributed by atoms with Crippen LogP contribution in [0.3, 0.4) is 0 Å². The molecule has 0 bridgehead atoms. The van der Waals surface area contributed by atoms with Crippen molar-refractivity contribution in [3.63, 3.8) is 0 Å². The summed E-state index contributed by atoms with van der Waals surface area (Å²) < 4.78 is 23.0. The van der Waals surface area contributed by atoms with Crippen LogP contribution < -0.4 is 30.4 Å². The van der Waals surface area contributed by atoms with E-state index >= 15 is 0 Å². The van der Waals surface area contributed by atoms with Crippen molar-refractivity contribution < 1.29 is 18.9 Å². The molecule has 186 valence electrons. The van der Waals surface area contributed by atoms with Crippen molar-refractivity contribution in [3.05, 3.63) is 70.8 Å². The Bertz CT molecular complexity index is 1440. The molecule has 0 aromatic heterocycles. The van der Waals surface area contributed by atoms with Gasteiger partial charge in [-0.05, 0) is 53.1 Å². The van der Waals surface area contributed by atoms with E-state index in [4.69, 9.17) is 30.4 Å². The third-order valence-electron chi connectivity index (χ3n) is 6.46. The minimum atomic E-state index is -0.349. The van der Waals surface area contributed by atoms with E-state index in [2.05, 4.69) is 29.3 Å². The number of hydrogen-bond acceptors (Lipinski definition) is 5. The highest BCUT2D eigenvalue weighted by atomic mass is 32.2. The van der Waals surface area contributed by atoms with Gasteiger partial charge < -0.3 is 30.4 Å². The first kappa shape index (κ1) is 23.8. The fraction of sp³-hybridized carbons (Fsp3) is 0.214. The molecule has 2 aliphatic rings. The number of hydrogen-bond donors (Lipinski definition) is 2. The lowest BCUT2D eigenvalue weighted by Crippen LogP contribution is -2.25. The van der Waals surface area contributed by atoms with Gasteiger partial charge in [0.2, 0.25) is 0 Å². The smallest absolute Gasteiger partial charge is 0.191 e.